The molecule has 0 radical (unpaired) electrons. The van der Waals surface area contributed by atoms with Gasteiger partial charge in [-0.05, 0) is 18.1 Å². The van der Waals surface area contributed by atoms with Crippen molar-refractivity contribution in [3.8, 4) is 11.5 Å². The summed E-state index contributed by atoms with van der Waals surface area (Å²) >= 11 is 0. The summed E-state index contributed by atoms with van der Waals surface area (Å²) in [6, 6.07) is 5.65. The Kier molecular flexibility index (Phi) is 5.99. The Morgan fingerprint density at radius 1 is 1.21 bits per heavy atom. The highest BCUT2D eigenvalue weighted by molar-refractivity contribution is 5.93. The van der Waals surface area contributed by atoms with Crippen LogP contribution < -0.4 is 20.1 Å². The van der Waals surface area contributed by atoms with Gasteiger partial charge in [0.1, 0.15) is 0 Å². The molecule has 5 nitrogen and oxygen atoms in total. The maximum absolute atomic E-state index is 5.27. The van der Waals surface area contributed by atoms with Gasteiger partial charge in [0.25, 0.3) is 0 Å². The minimum atomic E-state index is 0.559. The molecule has 19 heavy (non-hydrogen) atoms. The summed E-state index contributed by atoms with van der Waals surface area (Å²) in [5.41, 5.74) is 0.898. The van der Waals surface area contributed by atoms with E-state index in [9.17, 15) is 0 Å². The molecule has 0 aliphatic heterocycles. The van der Waals surface area contributed by atoms with Crippen LogP contribution in [0.3, 0.4) is 0 Å². The van der Waals surface area contributed by atoms with Gasteiger partial charge in [-0.25, -0.2) is 0 Å². The summed E-state index contributed by atoms with van der Waals surface area (Å²) in [5, 5.41) is 6.46. The largest absolute Gasteiger partial charge is 0.493 e. The van der Waals surface area contributed by atoms with Crippen molar-refractivity contribution in [1.82, 2.24) is 5.32 Å². The van der Waals surface area contributed by atoms with Crippen LogP contribution in [0, 0.1) is 5.92 Å². The predicted molar refractivity (Wildman–Crippen MR) is 79.4 cm³/mol. The SMILES string of the molecule is CN=C(NCC(C)C)Nc1ccc(OC)c(OC)c1. The van der Waals surface area contributed by atoms with E-state index in [0.29, 0.717) is 17.4 Å². The van der Waals surface area contributed by atoms with Crippen molar-refractivity contribution in [3.63, 3.8) is 0 Å². The molecular weight excluding hydrogens is 242 g/mol. The molecule has 0 bridgehead atoms. The Hall–Kier alpha value is -1.91. The number of methoxy groups -OCH3 is 2. The molecule has 2 N–H and O–H groups in total. The zero-order valence-electron chi connectivity index (χ0n) is 12.3. The van der Waals surface area contributed by atoms with Crippen LogP contribution in [0.2, 0.25) is 0 Å². The molecule has 1 rings (SSSR count). The van der Waals surface area contributed by atoms with Crippen LogP contribution in [0.15, 0.2) is 23.2 Å². The van der Waals surface area contributed by atoms with E-state index in [1.54, 1.807) is 21.3 Å². The van der Waals surface area contributed by atoms with E-state index < -0.39 is 0 Å². The number of nitrogens with zero attached hydrogens (tertiary/aromatic N) is 1. The van der Waals surface area contributed by atoms with E-state index in [0.717, 1.165) is 18.2 Å². The molecule has 0 saturated heterocycles. The molecule has 0 amide bonds. The van der Waals surface area contributed by atoms with Gasteiger partial charge in [-0.3, -0.25) is 4.99 Å². The monoisotopic (exact) mass is 265 g/mol. The van der Waals surface area contributed by atoms with Gasteiger partial charge in [0.15, 0.2) is 17.5 Å². The van der Waals surface area contributed by atoms with Crippen LogP contribution in [0.25, 0.3) is 0 Å². The van der Waals surface area contributed by atoms with E-state index in [-0.39, 0.29) is 0 Å². The third-order valence-corrected chi connectivity index (χ3v) is 2.55. The summed E-state index contributed by atoms with van der Waals surface area (Å²) in [4.78, 5) is 4.18. The molecule has 0 spiro atoms. The van der Waals surface area contributed by atoms with Gasteiger partial charge in [0.05, 0.1) is 14.2 Å². The Balaban J connectivity index is 2.75. The molecule has 1 aromatic rings. The first-order valence-electron chi connectivity index (χ1n) is 6.30. The summed E-state index contributed by atoms with van der Waals surface area (Å²) in [7, 11) is 4.98. The van der Waals surface area contributed by atoms with Gasteiger partial charge in [-0.15, -0.1) is 0 Å². The lowest BCUT2D eigenvalue weighted by molar-refractivity contribution is 0.355. The lowest BCUT2D eigenvalue weighted by Crippen LogP contribution is -2.33. The summed E-state index contributed by atoms with van der Waals surface area (Å²) in [6.07, 6.45) is 0. The second-order valence-electron chi connectivity index (χ2n) is 4.54. The van der Waals surface area contributed by atoms with Crippen molar-refractivity contribution >= 4 is 11.6 Å². The molecule has 0 atom stereocenters. The van der Waals surface area contributed by atoms with Gasteiger partial charge in [-0.2, -0.15) is 0 Å². The number of guanidine groups is 1. The molecule has 0 fully saturated rings. The smallest absolute Gasteiger partial charge is 0.195 e. The van der Waals surface area contributed by atoms with Gasteiger partial charge in [0, 0.05) is 25.3 Å². The number of hydrogen-bond donors (Lipinski definition) is 2. The van der Waals surface area contributed by atoms with Crippen molar-refractivity contribution < 1.29 is 9.47 Å². The number of hydrogen-bond acceptors (Lipinski definition) is 3. The highest BCUT2D eigenvalue weighted by Crippen LogP contribution is 2.29. The van der Waals surface area contributed by atoms with Crippen molar-refractivity contribution in [2.75, 3.05) is 33.1 Å². The summed E-state index contributed by atoms with van der Waals surface area (Å²) in [5.74, 6) is 2.69. The summed E-state index contributed by atoms with van der Waals surface area (Å²) in [6.45, 7) is 5.17. The van der Waals surface area contributed by atoms with E-state index in [2.05, 4.69) is 29.5 Å². The molecule has 0 aliphatic carbocycles. The quantitative estimate of drug-likeness (QED) is 0.634. The molecule has 106 valence electrons. The molecule has 0 saturated carbocycles. The molecule has 5 heteroatoms. The van der Waals surface area contributed by atoms with Crippen LogP contribution in [0.5, 0.6) is 11.5 Å². The minimum absolute atomic E-state index is 0.559. The van der Waals surface area contributed by atoms with Crippen LogP contribution >= 0.6 is 0 Å². The third-order valence-electron chi connectivity index (χ3n) is 2.55. The first kappa shape index (κ1) is 15.1. The maximum Gasteiger partial charge on any atom is 0.195 e. The second-order valence-corrected chi connectivity index (χ2v) is 4.54. The fourth-order valence-corrected chi connectivity index (χ4v) is 1.53. The fraction of sp³-hybridized carbons (Fsp3) is 0.500. The summed E-state index contributed by atoms with van der Waals surface area (Å²) < 4.78 is 10.5. The predicted octanol–water partition coefficient (Wildman–Crippen LogP) is 2.35. The first-order chi connectivity index (χ1) is 9.10. The Morgan fingerprint density at radius 3 is 2.42 bits per heavy atom. The molecule has 0 aromatic heterocycles. The van der Waals surface area contributed by atoms with Crippen LogP contribution in [-0.4, -0.2) is 33.8 Å². The average molecular weight is 265 g/mol. The molecule has 0 heterocycles. The van der Waals surface area contributed by atoms with Crippen LogP contribution in [0.1, 0.15) is 13.8 Å². The molecule has 0 aliphatic rings. The van der Waals surface area contributed by atoms with Crippen molar-refractivity contribution in [2.24, 2.45) is 10.9 Å². The zero-order chi connectivity index (χ0) is 14.3. The standard InChI is InChI=1S/C14H23N3O2/c1-10(2)9-16-14(15-3)17-11-6-7-12(18-4)13(8-11)19-5/h6-8,10H,9H2,1-5H3,(H2,15,16,17). The number of aliphatic imine (C=N–C) groups is 1. The van der Waals surface area contributed by atoms with Crippen molar-refractivity contribution in [3.05, 3.63) is 18.2 Å². The number of rotatable bonds is 5. The Morgan fingerprint density at radius 2 is 1.89 bits per heavy atom. The number of benzene rings is 1. The minimum Gasteiger partial charge on any atom is -0.493 e. The van der Waals surface area contributed by atoms with Gasteiger partial charge < -0.3 is 20.1 Å². The Labute approximate surface area is 115 Å². The molecule has 1 aromatic carbocycles. The van der Waals surface area contributed by atoms with Gasteiger partial charge >= 0.3 is 0 Å². The van der Waals surface area contributed by atoms with E-state index >= 15 is 0 Å². The van der Waals surface area contributed by atoms with Gasteiger partial charge in [0.2, 0.25) is 0 Å². The molecule has 0 unspecified atom stereocenters. The lowest BCUT2D eigenvalue weighted by Gasteiger charge is -2.15. The van der Waals surface area contributed by atoms with E-state index in [1.807, 2.05) is 18.2 Å². The third kappa shape index (κ3) is 4.69. The number of ether oxygens (including phenoxy) is 2. The normalized spacial score (nSPS) is 11.4. The highest BCUT2D eigenvalue weighted by atomic mass is 16.5. The second kappa shape index (κ2) is 7.51. The molecular formula is C14H23N3O2. The van der Waals surface area contributed by atoms with Crippen molar-refractivity contribution in [2.45, 2.75) is 13.8 Å². The zero-order valence-corrected chi connectivity index (χ0v) is 12.3. The van der Waals surface area contributed by atoms with Crippen molar-refractivity contribution in [1.29, 1.82) is 0 Å². The topological polar surface area (TPSA) is 54.9 Å². The van der Waals surface area contributed by atoms with E-state index in [1.165, 1.54) is 0 Å². The van der Waals surface area contributed by atoms with Crippen LogP contribution in [0.4, 0.5) is 5.69 Å². The van der Waals surface area contributed by atoms with Crippen LogP contribution in [-0.2, 0) is 0 Å². The number of anilines is 1. The van der Waals surface area contributed by atoms with Gasteiger partial charge in [-0.1, -0.05) is 13.8 Å². The average Bonchev–Trinajstić information content (AvgIpc) is 2.42. The fourth-order valence-electron chi connectivity index (χ4n) is 1.53. The lowest BCUT2D eigenvalue weighted by atomic mass is 10.2. The Bertz CT molecular complexity index is 431. The van der Waals surface area contributed by atoms with E-state index in [4.69, 9.17) is 9.47 Å². The maximum atomic E-state index is 5.27. The first-order valence-corrected chi connectivity index (χ1v) is 6.30. The highest BCUT2D eigenvalue weighted by Gasteiger charge is 2.06. The number of nitrogens with one attached hydrogen (secondary N) is 2.